The molecular formula is C19H21NO4. The molecule has 2 aromatic rings. The lowest BCUT2D eigenvalue weighted by atomic mass is 9.76. The van der Waals surface area contributed by atoms with E-state index in [4.69, 9.17) is 9.47 Å². The van der Waals surface area contributed by atoms with Gasteiger partial charge in [-0.3, -0.25) is 4.90 Å². The van der Waals surface area contributed by atoms with E-state index >= 15 is 0 Å². The first-order chi connectivity index (χ1) is 11.5. The number of methoxy groups -OCH3 is 2. The fourth-order valence-electron chi connectivity index (χ4n) is 4.10. The lowest BCUT2D eigenvalue weighted by molar-refractivity contribution is 0.226. The summed E-state index contributed by atoms with van der Waals surface area (Å²) in [5.74, 6) is 1.19. The van der Waals surface area contributed by atoms with E-state index in [0.717, 1.165) is 41.6 Å². The van der Waals surface area contributed by atoms with Gasteiger partial charge < -0.3 is 19.7 Å². The van der Waals surface area contributed by atoms with Crippen LogP contribution in [-0.2, 0) is 12.8 Å². The molecule has 2 N–H and O–H groups in total. The highest BCUT2D eigenvalue weighted by atomic mass is 16.5. The molecule has 0 radical (unpaired) electrons. The van der Waals surface area contributed by atoms with Crippen LogP contribution in [0.4, 0.5) is 0 Å². The van der Waals surface area contributed by atoms with Crippen LogP contribution in [-0.4, -0.2) is 42.9 Å². The molecule has 0 spiro atoms. The van der Waals surface area contributed by atoms with Crippen LogP contribution >= 0.6 is 0 Å². The maximum absolute atomic E-state index is 10.4. The van der Waals surface area contributed by atoms with Gasteiger partial charge in [0.05, 0.1) is 14.2 Å². The average Bonchev–Trinajstić information content (AvgIpc) is 2.57. The highest BCUT2D eigenvalue weighted by Crippen LogP contribution is 2.53. The Balaban J connectivity index is 2.07. The van der Waals surface area contributed by atoms with E-state index in [0.29, 0.717) is 11.5 Å². The molecule has 1 aliphatic heterocycles. The van der Waals surface area contributed by atoms with Crippen molar-refractivity contribution in [3.05, 3.63) is 34.9 Å². The maximum Gasteiger partial charge on any atom is 0.168 e. The van der Waals surface area contributed by atoms with Gasteiger partial charge in [-0.05, 0) is 60.3 Å². The van der Waals surface area contributed by atoms with Crippen LogP contribution in [0.5, 0.6) is 23.0 Å². The second-order valence-corrected chi connectivity index (χ2v) is 6.51. The molecule has 24 heavy (non-hydrogen) atoms. The van der Waals surface area contributed by atoms with E-state index in [1.807, 2.05) is 12.1 Å². The minimum atomic E-state index is 0.0954. The fraction of sp³-hybridized carbons (Fsp3) is 0.368. The summed E-state index contributed by atoms with van der Waals surface area (Å²) >= 11 is 0. The molecule has 126 valence electrons. The predicted octanol–water partition coefficient (Wildman–Crippen LogP) is 2.87. The molecule has 1 heterocycles. The highest BCUT2D eigenvalue weighted by Gasteiger charge is 2.36. The molecule has 2 aromatic carbocycles. The predicted molar refractivity (Wildman–Crippen MR) is 91.1 cm³/mol. The van der Waals surface area contributed by atoms with Gasteiger partial charge in [-0.2, -0.15) is 0 Å². The van der Waals surface area contributed by atoms with Crippen LogP contribution in [0.3, 0.4) is 0 Å². The Morgan fingerprint density at radius 2 is 1.83 bits per heavy atom. The molecule has 2 aliphatic rings. The summed E-state index contributed by atoms with van der Waals surface area (Å²) in [5, 5.41) is 20.7. The van der Waals surface area contributed by atoms with Crippen molar-refractivity contribution >= 4 is 0 Å². The molecule has 5 heteroatoms. The van der Waals surface area contributed by atoms with Crippen molar-refractivity contribution in [3.8, 4) is 34.1 Å². The number of hydrogen-bond donors (Lipinski definition) is 2. The smallest absolute Gasteiger partial charge is 0.168 e. The van der Waals surface area contributed by atoms with Crippen LogP contribution in [0.2, 0.25) is 0 Å². The van der Waals surface area contributed by atoms with Gasteiger partial charge in [0.25, 0.3) is 0 Å². The van der Waals surface area contributed by atoms with Crippen molar-refractivity contribution < 1.29 is 19.7 Å². The van der Waals surface area contributed by atoms with Crippen LogP contribution in [0.25, 0.3) is 11.1 Å². The third kappa shape index (κ3) is 1.97. The van der Waals surface area contributed by atoms with E-state index in [9.17, 15) is 10.2 Å². The number of ether oxygens (including phenoxy) is 2. The second kappa shape index (κ2) is 5.31. The first kappa shape index (κ1) is 15.1. The minimum Gasteiger partial charge on any atom is -0.504 e. The number of benzene rings is 2. The second-order valence-electron chi connectivity index (χ2n) is 6.51. The molecule has 1 atom stereocenters. The van der Waals surface area contributed by atoms with E-state index in [1.54, 1.807) is 20.3 Å². The summed E-state index contributed by atoms with van der Waals surface area (Å²) in [4.78, 5) is 2.34. The quantitative estimate of drug-likeness (QED) is 0.888. The van der Waals surface area contributed by atoms with Crippen molar-refractivity contribution in [2.24, 2.45) is 0 Å². The summed E-state index contributed by atoms with van der Waals surface area (Å²) < 4.78 is 10.8. The molecule has 0 amide bonds. The van der Waals surface area contributed by atoms with Crippen molar-refractivity contribution in [1.29, 1.82) is 0 Å². The maximum atomic E-state index is 10.4. The topological polar surface area (TPSA) is 62.2 Å². The molecule has 4 rings (SSSR count). The molecular weight excluding hydrogens is 306 g/mol. The van der Waals surface area contributed by atoms with E-state index in [2.05, 4.69) is 11.9 Å². The standard InChI is InChI=1S/C19H21NO4/c1-20-5-4-10-7-15(22)19(24-3)18-12-9-14(21)16(23-2)8-11(12)6-13(20)17(10)18/h7-9,13,21-22H,4-6H2,1-3H3/t13-/m0/s1. The Labute approximate surface area is 141 Å². The molecule has 5 nitrogen and oxygen atoms in total. The molecule has 0 saturated heterocycles. The zero-order valence-electron chi connectivity index (χ0n) is 14.1. The number of aromatic hydroxyl groups is 2. The van der Waals surface area contributed by atoms with Gasteiger partial charge in [-0.1, -0.05) is 0 Å². The molecule has 0 unspecified atom stereocenters. The summed E-state index contributed by atoms with van der Waals surface area (Å²) in [7, 11) is 5.24. The number of likely N-dealkylation sites (N-methyl/N-ethyl adjacent to an activating group) is 1. The van der Waals surface area contributed by atoms with Crippen LogP contribution in [0, 0.1) is 0 Å². The number of nitrogens with zero attached hydrogens (tertiary/aromatic N) is 1. The van der Waals surface area contributed by atoms with Crippen LogP contribution in [0.1, 0.15) is 22.7 Å². The zero-order valence-corrected chi connectivity index (χ0v) is 14.1. The van der Waals surface area contributed by atoms with Gasteiger partial charge in [0, 0.05) is 18.2 Å². The molecule has 0 saturated carbocycles. The summed E-state index contributed by atoms with van der Waals surface area (Å²) in [6.45, 7) is 0.952. The van der Waals surface area contributed by atoms with Gasteiger partial charge in [-0.25, -0.2) is 0 Å². The SMILES string of the molecule is COc1cc2c(cc1O)-c1c(OC)c(O)cc3c1[C@H](C2)N(C)CC3. The Kier molecular flexibility index (Phi) is 3.35. The van der Waals surface area contributed by atoms with Gasteiger partial charge >= 0.3 is 0 Å². The third-order valence-corrected chi connectivity index (χ3v) is 5.28. The van der Waals surface area contributed by atoms with Gasteiger partial charge in [0.15, 0.2) is 23.0 Å². The average molecular weight is 327 g/mol. The third-order valence-electron chi connectivity index (χ3n) is 5.28. The molecule has 0 bridgehead atoms. The van der Waals surface area contributed by atoms with Crippen LogP contribution in [0.15, 0.2) is 18.2 Å². The number of fused-ring (bicyclic) bond motifs is 2. The Bertz CT molecular complexity index is 831. The van der Waals surface area contributed by atoms with Crippen molar-refractivity contribution in [2.75, 3.05) is 27.8 Å². The largest absolute Gasteiger partial charge is 0.504 e. The lowest BCUT2D eigenvalue weighted by Crippen LogP contribution is -2.35. The highest BCUT2D eigenvalue weighted by molar-refractivity contribution is 5.84. The normalized spacial score (nSPS) is 18.7. The Morgan fingerprint density at radius 1 is 1.04 bits per heavy atom. The number of rotatable bonds is 2. The van der Waals surface area contributed by atoms with Gasteiger partial charge in [-0.15, -0.1) is 0 Å². The first-order valence-corrected chi connectivity index (χ1v) is 8.08. The van der Waals surface area contributed by atoms with Crippen molar-refractivity contribution in [2.45, 2.75) is 18.9 Å². The number of phenols is 2. The molecule has 0 fully saturated rings. The number of phenolic OH excluding ortho intramolecular Hbond substituents is 2. The summed E-state index contributed by atoms with van der Waals surface area (Å²) in [6, 6.07) is 5.67. The zero-order chi connectivity index (χ0) is 17.0. The summed E-state index contributed by atoms with van der Waals surface area (Å²) in [6.07, 6.45) is 1.74. The minimum absolute atomic E-state index is 0.0954. The fourth-order valence-corrected chi connectivity index (χ4v) is 4.10. The molecule has 1 aliphatic carbocycles. The first-order valence-electron chi connectivity index (χ1n) is 8.08. The van der Waals surface area contributed by atoms with Gasteiger partial charge in [0.1, 0.15) is 0 Å². The molecule has 0 aromatic heterocycles. The van der Waals surface area contributed by atoms with Crippen molar-refractivity contribution in [3.63, 3.8) is 0 Å². The van der Waals surface area contributed by atoms with E-state index in [-0.39, 0.29) is 17.5 Å². The monoisotopic (exact) mass is 327 g/mol. The van der Waals surface area contributed by atoms with E-state index in [1.165, 1.54) is 5.56 Å². The van der Waals surface area contributed by atoms with Gasteiger partial charge in [0.2, 0.25) is 0 Å². The number of hydrogen-bond acceptors (Lipinski definition) is 5. The van der Waals surface area contributed by atoms with Crippen molar-refractivity contribution in [1.82, 2.24) is 4.90 Å². The van der Waals surface area contributed by atoms with E-state index < -0.39 is 0 Å². The Morgan fingerprint density at radius 3 is 2.54 bits per heavy atom. The summed E-state index contributed by atoms with van der Waals surface area (Å²) in [5.41, 5.74) is 5.25. The Hall–Kier alpha value is -2.40. The lowest BCUT2D eigenvalue weighted by Gasteiger charge is -2.40. The van der Waals surface area contributed by atoms with Crippen LogP contribution < -0.4 is 9.47 Å².